The van der Waals surface area contributed by atoms with Gasteiger partial charge in [-0.05, 0) is 60.2 Å². The van der Waals surface area contributed by atoms with Crippen molar-refractivity contribution in [2.24, 2.45) is 0 Å². The SMILES string of the molecule is O=C(NC(C(=O)Nc1cccc(Cl)c1)c1ccc(Cl)cc1)c1ccc(Cl)cc1. The highest BCUT2D eigenvalue weighted by atomic mass is 35.5. The molecular weight excluding hydrogens is 419 g/mol. The number of carbonyl (C=O) groups excluding carboxylic acids is 2. The van der Waals surface area contributed by atoms with Crippen molar-refractivity contribution >= 4 is 52.3 Å². The zero-order valence-electron chi connectivity index (χ0n) is 14.5. The van der Waals surface area contributed by atoms with Crippen LogP contribution in [0.2, 0.25) is 15.1 Å². The highest BCUT2D eigenvalue weighted by Crippen LogP contribution is 2.21. The highest BCUT2D eigenvalue weighted by molar-refractivity contribution is 6.31. The van der Waals surface area contributed by atoms with Crippen molar-refractivity contribution in [1.82, 2.24) is 5.32 Å². The maximum Gasteiger partial charge on any atom is 0.252 e. The monoisotopic (exact) mass is 432 g/mol. The lowest BCUT2D eigenvalue weighted by Crippen LogP contribution is -2.37. The van der Waals surface area contributed by atoms with E-state index in [1.165, 1.54) is 0 Å². The molecule has 3 aromatic carbocycles. The average molecular weight is 434 g/mol. The molecule has 0 aliphatic heterocycles. The summed E-state index contributed by atoms with van der Waals surface area (Å²) in [6.45, 7) is 0. The van der Waals surface area contributed by atoms with Gasteiger partial charge in [-0.1, -0.05) is 53.0 Å². The van der Waals surface area contributed by atoms with Gasteiger partial charge in [0.1, 0.15) is 6.04 Å². The van der Waals surface area contributed by atoms with E-state index in [9.17, 15) is 9.59 Å². The zero-order valence-corrected chi connectivity index (χ0v) is 16.7. The number of benzene rings is 3. The molecule has 3 aromatic rings. The fraction of sp³-hybridized carbons (Fsp3) is 0.0476. The Kier molecular flexibility index (Phi) is 6.57. The van der Waals surface area contributed by atoms with Crippen molar-refractivity contribution in [2.45, 2.75) is 6.04 Å². The van der Waals surface area contributed by atoms with Crippen LogP contribution in [-0.2, 0) is 4.79 Å². The maximum atomic E-state index is 12.9. The van der Waals surface area contributed by atoms with E-state index in [4.69, 9.17) is 34.8 Å². The lowest BCUT2D eigenvalue weighted by atomic mass is 10.0. The predicted molar refractivity (Wildman–Crippen MR) is 113 cm³/mol. The largest absolute Gasteiger partial charge is 0.336 e. The van der Waals surface area contributed by atoms with Crippen LogP contribution in [0.25, 0.3) is 0 Å². The molecule has 0 saturated carbocycles. The standard InChI is InChI=1S/C21H15Cl3N2O2/c22-15-8-4-13(5-9-15)19(21(28)25-18-3-1-2-17(24)12-18)26-20(27)14-6-10-16(23)11-7-14/h1-12,19H,(H,25,28)(H,26,27). The fourth-order valence-corrected chi connectivity index (χ4v) is 2.99. The first kappa shape index (κ1) is 20.2. The van der Waals surface area contributed by atoms with Crippen molar-refractivity contribution in [3.8, 4) is 0 Å². The van der Waals surface area contributed by atoms with Gasteiger partial charge >= 0.3 is 0 Å². The minimum absolute atomic E-state index is 0.388. The van der Waals surface area contributed by atoms with Crippen LogP contribution in [0.3, 0.4) is 0 Å². The van der Waals surface area contributed by atoms with Gasteiger partial charge in [-0.3, -0.25) is 9.59 Å². The molecule has 1 atom stereocenters. The van der Waals surface area contributed by atoms with Gasteiger partial charge in [0, 0.05) is 26.3 Å². The van der Waals surface area contributed by atoms with Crippen LogP contribution < -0.4 is 10.6 Å². The molecule has 0 spiro atoms. The summed E-state index contributed by atoms with van der Waals surface area (Å²) >= 11 is 17.8. The average Bonchev–Trinajstić information content (AvgIpc) is 2.67. The van der Waals surface area contributed by atoms with E-state index >= 15 is 0 Å². The molecule has 1 unspecified atom stereocenters. The van der Waals surface area contributed by atoms with Gasteiger partial charge in [0.15, 0.2) is 0 Å². The third-order valence-electron chi connectivity index (χ3n) is 3.94. The van der Waals surface area contributed by atoms with Gasteiger partial charge in [0.2, 0.25) is 0 Å². The van der Waals surface area contributed by atoms with Gasteiger partial charge in [-0.25, -0.2) is 0 Å². The molecule has 2 amide bonds. The molecule has 142 valence electrons. The van der Waals surface area contributed by atoms with Crippen molar-refractivity contribution in [3.63, 3.8) is 0 Å². The Bertz CT molecular complexity index is 989. The molecule has 3 rings (SSSR count). The highest BCUT2D eigenvalue weighted by Gasteiger charge is 2.23. The molecule has 28 heavy (non-hydrogen) atoms. The van der Waals surface area contributed by atoms with E-state index in [-0.39, 0.29) is 0 Å². The first-order valence-electron chi connectivity index (χ1n) is 8.31. The zero-order chi connectivity index (χ0) is 20.1. The Balaban J connectivity index is 1.86. The van der Waals surface area contributed by atoms with Crippen LogP contribution in [0.15, 0.2) is 72.8 Å². The van der Waals surface area contributed by atoms with E-state index in [0.717, 1.165) is 0 Å². The first-order chi connectivity index (χ1) is 13.4. The number of hydrogen-bond donors (Lipinski definition) is 2. The molecule has 0 aliphatic rings. The Morgan fingerprint density at radius 2 is 1.36 bits per heavy atom. The fourth-order valence-electron chi connectivity index (χ4n) is 2.55. The second-order valence-electron chi connectivity index (χ2n) is 5.96. The van der Waals surface area contributed by atoms with Gasteiger partial charge in [0.05, 0.1) is 0 Å². The van der Waals surface area contributed by atoms with E-state index < -0.39 is 17.9 Å². The summed E-state index contributed by atoms with van der Waals surface area (Å²) in [6, 6.07) is 18.9. The molecule has 7 heteroatoms. The Hall–Kier alpha value is -2.53. The number of rotatable bonds is 5. The first-order valence-corrected chi connectivity index (χ1v) is 9.44. The third kappa shape index (κ3) is 5.26. The third-order valence-corrected chi connectivity index (χ3v) is 4.68. The molecule has 0 saturated heterocycles. The number of anilines is 1. The summed E-state index contributed by atoms with van der Waals surface area (Å²) in [5, 5.41) is 7.06. The lowest BCUT2D eigenvalue weighted by molar-refractivity contribution is -0.118. The van der Waals surface area contributed by atoms with Crippen LogP contribution in [0.1, 0.15) is 22.0 Å². The molecule has 0 radical (unpaired) electrons. The van der Waals surface area contributed by atoms with E-state index in [1.807, 2.05) is 0 Å². The van der Waals surface area contributed by atoms with E-state index in [1.54, 1.807) is 72.8 Å². The van der Waals surface area contributed by atoms with Crippen molar-refractivity contribution in [3.05, 3.63) is 99.0 Å². The Morgan fingerprint density at radius 1 is 0.750 bits per heavy atom. The van der Waals surface area contributed by atoms with E-state index in [0.29, 0.717) is 31.9 Å². The van der Waals surface area contributed by atoms with Gasteiger partial charge in [-0.15, -0.1) is 0 Å². The molecule has 0 bridgehead atoms. The second-order valence-corrected chi connectivity index (χ2v) is 7.27. The molecule has 0 aromatic heterocycles. The number of amides is 2. The topological polar surface area (TPSA) is 58.2 Å². The summed E-state index contributed by atoms with van der Waals surface area (Å²) in [6.07, 6.45) is 0. The second kappa shape index (κ2) is 9.11. The minimum atomic E-state index is -0.931. The Morgan fingerprint density at radius 3 is 1.96 bits per heavy atom. The van der Waals surface area contributed by atoms with Gasteiger partial charge < -0.3 is 10.6 Å². The summed E-state index contributed by atoms with van der Waals surface area (Å²) in [5.41, 5.74) is 1.50. The minimum Gasteiger partial charge on any atom is -0.336 e. The number of nitrogens with one attached hydrogen (secondary N) is 2. The maximum absolute atomic E-state index is 12.9. The molecule has 0 heterocycles. The number of halogens is 3. The van der Waals surface area contributed by atoms with Crippen LogP contribution in [-0.4, -0.2) is 11.8 Å². The Labute approximate surface area is 177 Å². The van der Waals surface area contributed by atoms with Gasteiger partial charge in [-0.2, -0.15) is 0 Å². The molecule has 0 fully saturated rings. The van der Waals surface area contributed by atoms with Crippen LogP contribution >= 0.6 is 34.8 Å². The smallest absolute Gasteiger partial charge is 0.252 e. The summed E-state index contributed by atoms with van der Waals surface area (Å²) in [4.78, 5) is 25.5. The summed E-state index contributed by atoms with van der Waals surface area (Å²) in [5.74, 6) is -0.815. The van der Waals surface area contributed by atoms with Crippen LogP contribution in [0, 0.1) is 0 Å². The predicted octanol–water partition coefficient (Wildman–Crippen LogP) is 5.76. The molecule has 4 nitrogen and oxygen atoms in total. The molecule has 2 N–H and O–H groups in total. The summed E-state index contributed by atoms with van der Waals surface area (Å²) in [7, 11) is 0. The van der Waals surface area contributed by atoms with Crippen molar-refractivity contribution in [1.29, 1.82) is 0 Å². The summed E-state index contributed by atoms with van der Waals surface area (Å²) < 4.78 is 0. The van der Waals surface area contributed by atoms with Crippen LogP contribution in [0.4, 0.5) is 5.69 Å². The van der Waals surface area contributed by atoms with Crippen molar-refractivity contribution in [2.75, 3.05) is 5.32 Å². The molecule has 0 aliphatic carbocycles. The van der Waals surface area contributed by atoms with Gasteiger partial charge in [0.25, 0.3) is 11.8 Å². The quantitative estimate of drug-likeness (QED) is 0.538. The lowest BCUT2D eigenvalue weighted by Gasteiger charge is -2.19. The normalized spacial score (nSPS) is 11.5. The van der Waals surface area contributed by atoms with E-state index in [2.05, 4.69) is 10.6 Å². The van der Waals surface area contributed by atoms with Crippen molar-refractivity contribution < 1.29 is 9.59 Å². The molecular formula is C21H15Cl3N2O2. The number of carbonyl (C=O) groups is 2. The van der Waals surface area contributed by atoms with Crippen LogP contribution in [0.5, 0.6) is 0 Å². The number of hydrogen-bond acceptors (Lipinski definition) is 2.